The van der Waals surface area contributed by atoms with Crippen LogP contribution in [-0.4, -0.2) is 29.2 Å². The molecule has 1 aromatic heterocycles. The van der Waals surface area contributed by atoms with Gasteiger partial charge in [0.1, 0.15) is 5.75 Å². The molecule has 0 radical (unpaired) electrons. The molecule has 0 saturated heterocycles. The van der Waals surface area contributed by atoms with Gasteiger partial charge in [-0.2, -0.15) is 0 Å². The molecule has 0 aliphatic carbocycles. The molecule has 1 aromatic carbocycles. The fraction of sp³-hybridized carbons (Fsp3) is 0.267. The van der Waals surface area contributed by atoms with Gasteiger partial charge in [0.05, 0.1) is 11.4 Å². The van der Waals surface area contributed by atoms with Crippen molar-refractivity contribution >= 4 is 40.0 Å². The third kappa shape index (κ3) is 6.29. The van der Waals surface area contributed by atoms with Gasteiger partial charge in [0, 0.05) is 11.1 Å². The molecule has 0 aliphatic rings. The number of ether oxygens (including phenoxy) is 1. The van der Waals surface area contributed by atoms with Gasteiger partial charge in [-0.25, -0.2) is 4.98 Å². The second-order valence-electron chi connectivity index (χ2n) is 4.75. The standard InChI is InChI=1S/C15H17N3O3S2/c1-10-2-4-12(5-3-10)21-6-14(20)18-15-17-11(8-23-15)7-22-9-13(16)19/h2-5,8H,6-7,9H2,1H3,(H2,16,19)(H,17,18,20). The van der Waals surface area contributed by atoms with Crippen molar-refractivity contribution in [3.05, 3.63) is 40.9 Å². The number of amides is 2. The molecule has 0 saturated carbocycles. The van der Waals surface area contributed by atoms with Crippen LogP contribution >= 0.6 is 23.1 Å². The molecular weight excluding hydrogens is 334 g/mol. The molecule has 0 spiro atoms. The number of hydrogen-bond acceptors (Lipinski definition) is 6. The van der Waals surface area contributed by atoms with Gasteiger partial charge < -0.3 is 10.5 Å². The highest BCUT2D eigenvalue weighted by Gasteiger charge is 2.08. The van der Waals surface area contributed by atoms with Crippen molar-refractivity contribution in [1.82, 2.24) is 4.98 Å². The summed E-state index contributed by atoms with van der Waals surface area (Å²) in [6, 6.07) is 7.48. The SMILES string of the molecule is Cc1ccc(OCC(=O)Nc2nc(CSCC(N)=O)cs2)cc1. The van der Waals surface area contributed by atoms with Crippen molar-refractivity contribution in [3.63, 3.8) is 0 Å². The number of thioether (sulfide) groups is 1. The number of anilines is 1. The van der Waals surface area contributed by atoms with Crippen molar-refractivity contribution in [1.29, 1.82) is 0 Å². The average Bonchev–Trinajstić information content (AvgIpc) is 2.94. The number of carbonyl (C=O) groups is 2. The Morgan fingerprint density at radius 2 is 2.09 bits per heavy atom. The maximum atomic E-state index is 11.8. The summed E-state index contributed by atoms with van der Waals surface area (Å²) in [5.41, 5.74) is 7.00. The number of thiazole rings is 1. The summed E-state index contributed by atoms with van der Waals surface area (Å²) in [4.78, 5) is 26.8. The van der Waals surface area contributed by atoms with Gasteiger partial charge in [-0.3, -0.25) is 14.9 Å². The number of aromatic nitrogens is 1. The fourth-order valence-electron chi connectivity index (χ4n) is 1.63. The maximum absolute atomic E-state index is 11.8. The van der Waals surface area contributed by atoms with Gasteiger partial charge in [-0.15, -0.1) is 23.1 Å². The van der Waals surface area contributed by atoms with Crippen LogP contribution in [0.3, 0.4) is 0 Å². The van der Waals surface area contributed by atoms with Gasteiger partial charge in [0.2, 0.25) is 5.91 Å². The number of nitrogens with one attached hydrogen (secondary N) is 1. The van der Waals surface area contributed by atoms with Gasteiger partial charge in [-0.05, 0) is 19.1 Å². The van der Waals surface area contributed by atoms with Crippen molar-refractivity contribution < 1.29 is 14.3 Å². The van der Waals surface area contributed by atoms with E-state index in [4.69, 9.17) is 10.5 Å². The summed E-state index contributed by atoms with van der Waals surface area (Å²) in [5.74, 6) is 0.857. The van der Waals surface area contributed by atoms with Crippen LogP contribution in [0.4, 0.5) is 5.13 Å². The largest absolute Gasteiger partial charge is 0.484 e. The predicted molar refractivity (Wildman–Crippen MR) is 92.8 cm³/mol. The van der Waals surface area contributed by atoms with Gasteiger partial charge in [-0.1, -0.05) is 17.7 Å². The maximum Gasteiger partial charge on any atom is 0.264 e. The molecule has 1 heterocycles. The number of hydrogen-bond donors (Lipinski definition) is 2. The highest BCUT2D eigenvalue weighted by atomic mass is 32.2. The Morgan fingerprint density at radius 3 is 2.78 bits per heavy atom. The van der Waals surface area contributed by atoms with E-state index in [1.54, 1.807) is 0 Å². The van der Waals surface area contributed by atoms with Crippen LogP contribution in [0.5, 0.6) is 5.75 Å². The summed E-state index contributed by atoms with van der Waals surface area (Å²) in [6.07, 6.45) is 0. The molecule has 2 amide bonds. The van der Waals surface area contributed by atoms with Crippen LogP contribution in [0, 0.1) is 6.92 Å². The van der Waals surface area contributed by atoms with Crippen molar-refractivity contribution in [3.8, 4) is 5.75 Å². The lowest BCUT2D eigenvalue weighted by atomic mass is 10.2. The topological polar surface area (TPSA) is 94.3 Å². The lowest BCUT2D eigenvalue weighted by molar-refractivity contribution is -0.118. The van der Waals surface area contributed by atoms with Crippen LogP contribution in [0.15, 0.2) is 29.6 Å². The summed E-state index contributed by atoms with van der Waals surface area (Å²) >= 11 is 2.72. The van der Waals surface area contributed by atoms with E-state index in [1.807, 2.05) is 36.6 Å². The molecule has 23 heavy (non-hydrogen) atoms. The van der Waals surface area contributed by atoms with E-state index in [1.165, 1.54) is 23.1 Å². The quantitative estimate of drug-likeness (QED) is 0.760. The first-order chi connectivity index (χ1) is 11.0. The van der Waals surface area contributed by atoms with Crippen molar-refractivity contribution in [2.24, 2.45) is 5.73 Å². The lowest BCUT2D eigenvalue weighted by Gasteiger charge is -2.05. The zero-order valence-electron chi connectivity index (χ0n) is 12.6. The van der Waals surface area contributed by atoms with Crippen LogP contribution in [0.2, 0.25) is 0 Å². The zero-order chi connectivity index (χ0) is 16.7. The van der Waals surface area contributed by atoms with E-state index in [-0.39, 0.29) is 24.2 Å². The van der Waals surface area contributed by atoms with Gasteiger partial charge >= 0.3 is 0 Å². The Balaban J connectivity index is 1.75. The molecule has 0 bridgehead atoms. The molecule has 0 fully saturated rings. The number of benzene rings is 1. The Kier molecular flexibility index (Phi) is 6.42. The van der Waals surface area contributed by atoms with Crippen LogP contribution in [0.25, 0.3) is 0 Å². The molecule has 8 heteroatoms. The van der Waals surface area contributed by atoms with E-state index < -0.39 is 0 Å². The lowest BCUT2D eigenvalue weighted by Crippen LogP contribution is -2.20. The normalized spacial score (nSPS) is 10.3. The average molecular weight is 351 g/mol. The fourth-order valence-corrected chi connectivity index (χ4v) is 3.12. The Bertz CT molecular complexity index is 671. The third-order valence-corrected chi connectivity index (χ3v) is 4.48. The van der Waals surface area contributed by atoms with E-state index in [0.717, 1.165) is 11.3 Å². The number of primary amides is 1. The van der Waals surface area contributed by atoms with Crippen molar-refractivity contribution in [2.75, 3.05) is 17.7 Å². The number of nitrogens with two attached hydrogens (primary N) is 1. The molecule has 122 valence electrons. The molecule has 3 N–H and O–H groups in total. The van der Waals surface area contributed by atoms with E-state index in [2.05, 4.69) is 10.3 Å². The second kappa shape index (κ2) is 8.54. The summed E-state index contributed by atoms with van der Waals surface area (Å²) in [6.45, 7) is 1.91. The number of nitrogens with zero attached hydrogens (tertiary/aromatic N) is 1. The predicted octanol–water partition coefficient (Wildman–Crippen LogP) is 2.19. The Morgan fingerprint density at radius 1 is 1.35 bits per heavy atom. The molecule has 2 rings (SSSR count). The van der Waals surface area contributed by atoms with Crippen molar-refractivity contribution in [2.45, 2.75) is 12.7 Å². The molecule has 0 atom stereocenters. The smallest absolute Gasteiger partial charge is 0.264 e. The van der Waals surface area contributed by atoms with Crippen LogP contribution < -0.4 is 15.8 Å². The Labute approximate surface area is 142 Å². The monoisotopic (exact) mass is 351 g/mol. The van der Waals surface area contributed by atoms with E-state index in [9.17, 15) is 9.59 Å². The molecular formula is C15H17N3O3S2. The third-order valence-electron chi connectivity index (χ3n) is 2.68. The van der Waals surface area contributed by atoms with Gasteiger partial charge in [0.25, 0.3) is 5.91 Å². The summed E-state index contributed by atoms with van der Waals surface area (Å²) < 4.78 is 5.40. The zero-order valence-corrected chi connectivity index (χ0v) is 14.2. The first-order valence-corrected chi connectivity index (χ1v) is 8.86. The number of aryl methyl sites for hydroxylation is 1. The molecule has 0 aliphatic heterocycles. The number of rotatable bonds is 8. The molecule has 0 unspecified atom stereocenters. The highest BCUT2D eigenvalue weighted by Crippen LogP contribution is 2.19. The van der Waals surface area contributed by atoms with Crippen LogP contribution in [-0.2, 0) is 15.3 Å². The molecule has 2 aromatic rings. The summed E-state index contributed by atoms with van der Waals surface area (Å²) in [7, 11) is 0. The molecule has 6 nitrogen and oxygen atoms in total. The summed E-state index contributed by atoms with van der Waals surface area (Å²) in [5, 5.41) is 5.03. The van der Waals surface area contributed by atoms with Crippen LogP contribution in [0.1, 0.15) is 11.3 Å². The van der Waals surface area contributed by atoms with E-state index in [0.29, 0.717) is 16.6 Å². The Hall–Kier alpha value is -2.06. The van der Waals surface area contributed by atoms with E-state index >= 15 is 0 Å². The first kappa shape index (κ1) is 17.3. The minimum absolute atomic E-state index is 0.0750. The number of carbonyl (C=O) groups excluding carboxylic acids is 2. The second-order valence-corrected chi connectivity index (χ2v) is 6.60. The van der Waals surface area contributed by atoms with Gasteiger partial charge in [0.15, 0.2) is 11.7 Å². The highest BCUT2D eigenvalue weighted by molar-refractivity contribution is 7.99. The minimum Gasteiger partial charge on any atom is -0.484 e. The first-order valence-electron chi connectivity index (χ1n) is 6.82. The minimum atomic E-state index is -0.355.